The summed E-state index contributed by atoms with van der Waals surface area (Å²) in [6.45, 7) is 6.37. The SMILES string of the molecule is CC(C)Oc1ccc(N2CCOC(CO)C2)cc1. The number of ether oxygens (including phenoxy) is 2. The summed E-state index contributed by atoms with van der Waals surface area (Å²) in [4.78, 5) is 2.23. The molecule has 1 heterocycles. The Morgan fingerprint density at radius 2 is 2.11 bits per heavy atom. The van der Waals surface area contributed by atoms with Crippen LogP contribution in [0.4, 0.5) is 5.69 Å². The highest BCUT2D eigenvalue weighted by molar-refractivity contribution is 5.49. The van der Waals surface area contributed by atoms with Gasteiger partial charge in [0, 0.05) is 18.8 Å². The van der Waals surface area contributed by atoms with Crippen molar-refractivity contribution in [2.45, 2.75) is 26.1 Å². The van der Waals surface area contributed by atoms with Crippen LogP contribution in [0.3, 0.4) is 0 Å². The number of morpholine rings is 1. The molecular weight excluding hydrogens is 230 g/mol. The van der Waals surface area contributed by atoms with E-state index >= 15 is 0 Å². The highest BCUT2D eigenvalue weighted by atomic mass is 16.5. The van der Waals surface area contributed by atoms with Crippen LogP contribution in [0, 0.1) is 0 Å². The molecule has 18 heavy (non-hydrogen) atoms. The lowest BCUT2D eigenvalue weighted by Gasteiger charge is -2.33. The first-order chi connectivity index (χ1) is 8.69. The minimum Gasteiger partial charge on any atom is -0.491 e. The molecule has 1 fully saturated rings. The first-order valence-corrected chi connectivity index (χ1v) is 6.43. The molecule has 4 heteroatoms. The van der Waals surface area contributed by atoms with Gasteiger partial charge in [-0.25, -0.2) is 0 Å². The van der Waals surface area contributed by atoms with Crippen LogP contribution < -0.4 is 9.64 Å². The molecule has 0 amide bonds. The monoisotopic (exact) mass is 251 g/mol. The van der Waals surface area contributed by atoms with Crippen molar-refractivity contribution in [3.8, 4) is 5.75 Å². The zero-order valence-corrected chi connectivity index (χ0v) is 11.0. The van der Waals surface area contributed by atoms with Crippen molar-refractivity contribution in [2.75, 3.05) is 31.2 Å². The first kappa shape index (κ1) is 13.2. The van der Waals surface area contributed by atoms with Gasteiger partial charge >= 0.3 is 0 Å². The van der Waals surface area contributed by atoms with E-state index in [9.17, 15) is 0 Å². The lowest BCUT2D eigenvalue weighted by molar-refractivity contribution is 0.00356. The number of benzene rings is 1. The van der Waals surface area contributed by atoms with E-state index in [1.165, 1.54) is 0 Å². The maximum Gasteiger partial charge on any atom is 0.119 e. The topological polar surface area (TPSA) is 41.9 Å². The average molecular weight is 251 g/mol. The molecule has 2 rings (SSSR count). The molecule has 1 aliphatic heterocycles. The van der Waals surface area contributed by atoms with E-state index in [2.05, 4.69) is 17.0 Å². The molecule has 4 nitrogen and oxygen atoms in total. The van der Waals surface area contributed by atoms with Crippen molar-refractivity contribution in [3.63, 3.8) is 0 Å². The smallest absolute Gasteiger partial charge is 0.119 e. The zero-order valence-electron chi connectivity index (χ0n) is 11.0. The molecule has 1 unspecified atom stereocenters. The standard InChI is InChI=1S/C14H21NO3/c1-11(2)18-13-5-3-12(4-6-13)15-7-8-17-14(9-15)10-16/h3-6,11,14,16H,7-10H2,1-2H3. The molecule has 1 saturated heterocycles. The second-order valence-electron chi connectivity index (χ2n) is 4.78. The quantitative estimate of drug-likeness (QED) is 0.884. The normalized spacial score (nSPS) is 20.2. The van der Waals surface area contributed by atoms with Crippen molar-refractivity contribution in [3.05, 3.63) is 24.3 Å². The molecule has 0 spiro atoms. The second kappa shape index (κ2) is 6.07. The van der Waals surface area contributed by atoms with E-state index in [1.54, 1.807) is 0 Å². The fourth-order valence-electron chi connectivity index (χ4n) is 2.07. The summed E-state index contributed by atoms with van der Waals surface area (Å²) in [6.07, 6.45) is 0.114. The maximum atomic E-state index is 9.13. The summed E-state index contributed by atoms with van der Waals surface area (Å²) in [7, 11) is 0. The number of hydrogen-bond acceptors (Lipinski definition) is 4. The Morgan fingerprint density at radius 1 is 1.39 bits per heavy atom. The zero-order chi connectivity index (χ0) is 13.0. The summed E-state index contributed by atoms with van der Waals surface area (Å²) >= 11 is 0. The minimum atomic E-state index is -0.0784. The Morgan fingerprint density at radius 3 is 2.72 bits per heavy atom. The summed E-state index contributed by atoms with van der Waals surface area (Å²) in [6, 6.07) is 8.08. The van der Waals surface area contributed by atoms with E-state index in [-0.39, 0.29) is 18.8 Å². The van der Waals surface area contributed by atoms with Crippen LogP contribution in [0.5, 0.6) is 5.75 Å². The van der Waals surface area contributed by atoms with Crippen LogP contribution >= 0.6 is 0 Å². The summed E-state index contributed by atoms with van der Waals surface area (Å²) in [5.41, 5.74) is 1.15. The van der Waals surface area contributed by atoms with Gasteiger partial charge in [-0.1, -0.05) is 0 Å². The molecule has 0 aromatic heterocycles. The number of aliphatic hydroxyl groups excluding tert-OH is 1. The van der Waals surface area contributed by atoms with E-state index in [1.807, 2.05) is 26.0 Å². The fourth-order valence-corrected chi connectivity index (χ4v) is 2.07. The van der Waals surface area contributed by atoms with Gasteiger partial charge in [0.2, 0.25) is 0 Å². The molecule has 0 radical (unpaired) electrons. The van der Waals surface area contributed by atoms with Gasteiger partial charge in [-0.05, 0) is 38.1 Å². The molecule has 1 atom stereocenters. The third kappa shape index (κ3) is 3.37. The molecule has 1 aromatic carbocycles. The Hall–Kier alpha value is -1.26. The van der Waals surface area contributed by atoms with Gasteiger partial charge in [0.1, 0.15) is 5.75 Å². The Labute approximate surface area is 108 Å². The van der Waals surface area contributed by atoms with Gasteiger partial charge < -0.3 is 19.5 Å². The van der Waals surface area contributed by atoms with Crippen molar-refractivity contribution >= 4 is 5.69 Å². The molecule has 1 aromatic rings. The third-order valence-electron chi connectivity index (χ3n) is 2.92. The van der Waals surface area contributed by atoms with E-state index in [0.717, 1.165) is 24.5 Å². The van der Waals surface area contributed by atoms with Gasteiger partial charge in [-0.3, -0.25) is 0 Å². The van der Waals surface area contributed by atoms with Crippen LogP contribution in [0.1, 0.15) is 13.8 Å². The number of hydrogen-bond donors (Lipinski definition) is 1. The highest BCUT2D eigenvalue weighted by Crippen LogP contribution is 2.22. The van der Waals surface area contributed by atoms with Crippen LogP contribution in [-0.2, 0) is 4.74 Å². The first-order valence-electron chi connectivity index (χ1n) is 6.43. The number of anilines is 1. The number of aliphatic hydroxyl groups is 1. The fraction of sp³-hybridized carbons (Fsp3) is 0.571. The Balaban J connectivity index is 2.00. The van der Waals surface area contributed by atoms with Gasteiger partial charge in [-0.15, -0.1) is 0 Å². The summed E-state index contributed by atoms with van der Waals surface area (Å²) in [5, 5.41) is 9.13. The van der Waals surface area contributed by atoms with Gasteiger partial charge in [-0.2, -0.15) is 0 Å². The number of rotatable bonds is 4. The largest absolute Gasteiger partial charge is 0.491 e. The minimum absolute atomic E-state index is 0.0744. The molecule has 0 bridgehead atoms. The van der Waals surface area contributed by atoms with Crippen molar-refractivity contribution in [1.82, 2.24) is 0 Å². The second-order valence-corrected chi connectivity index (χ2v) is 4.78. The summed E-state index contributed by atoms with van der Waals surface area (Å²) < 4.78 is 11.1. The third-order valence-corrected chi connectivity index (χ3v) is 2.92. The van der Waals surface area contributed by atoms with Gasteiger partial charge in [0.05, 0.1) is 25.4 Å². The van der Waals surface area contributed by atoms with Crippen LogP contribution in [0.15, 0.2) is 24.3 Å². The van der Waals surface area contributed by atoms with Crippen molar-refractivity contribution < 1.29 is 14.6 Å². The molecule has 0 aliphatic carbocycles. The predicted octanol–water partition coefficient (Wildman–Crippen LogP) is 1.67. The van der Waals surface area contributed by atoms with E-state index < -0.39 is 0 Å². The van der Waals surface area contributed by atoms with E-state index in [4.69, 9.17) is 14.6 Å². The van der Waals surface area contributed by atoms with Crippen LogP contribution in [-0.4, -0.2) is 43.6 Å². The molecule has 1 aliphatic rings. The lowest BCUT2D eigenvalue weighted by Crippen LogP contribution is -2.44. The summed E-state index contributed by atoms with van der Waals surface area (Å²) in [5.74, 6) is 0.890. The Bertz CT molecular complexity index is 364. The average Bonchev–Trinajstić information content (AvgIpc) is 2.39. The van der Waals surface area contributed by atoms with Crippen LogP contribution in [0.25, 0.3) is 0 Å². The molecule has 1 N–H and O–H groups in total. The van der Waals surface area contributed by atoms with Crippen molar-refractivity contribution in [1.29, 1.82) is 0 Å². The van der Waals surface area contributed by atoms with Crippen molar-refractivity contribution in [2.24, 2.45) is 0 Å². The Kier molecular flexibility index (Phi) is 4.44. The molecular formula is C14H21NO3. The molecule has 0 saturated carbocycles. The van der Waals surface area contributed by atoms with Crippen LogP contribution in [0.2, 0.25) is 0 Å². The van der Waals surface area contributed by atoms with E-state index in [0.29, 0.717) is 6.61 Å². The van der Waals surface area contributed by atoms with Gasteiger partial charge in [0.15, 0.2) is 0 Å². The predicted molar refractivity (Wildman–Crippen MR) is 71.2 cm³/mol. The lowest BCUT2D eigenvalue weighted by atomic mass is 10.2. The highest BCUT2D eigenvalue weighted by Gasteiger charge is 2.19. The number of nitrogens with zero attached hydrogens (tertiary/aromatic N) is 1. The maximum absolute atomic E-state index is 9.13. The van der Waals surface area contributed by atoms with Gasteiger partial charge in [0.25, 0.3) is 0 Å². The molecule has 100 valence electrons.